The highest BCUT2D eigenvalue weighted by Gasteiger charge is 2.82. The molecule has 3 saturated heterocycles. The molecule has 0 radical (unpaired) electrons. The van der Waals surface area contributed by atoms with Gasteiger partial charge in [0.05, 0.1) is 31.0 Å². The molecule has 3 heterocycles. The summed E-state index contributed by atoms with van der Waals surface area (Å²) in [7, 11) is 1.78. The highest BCUT2D eigenvalue weighted by molar-refractivity contribution is 5.90. The van der Waals surface area contributed by atoms with Crippen molar-refractivity contribution in [3.8, 4) is 0 Å². The minimum absolute atomic E-state index is 0.0241. The number of esters is 1. The normalized spacial score (nSPS) is 45.8. The van der Waals surface area contributed by atoms with E-state index in [-0.39, 0.29) is 46.3 Å². The van der Waals surface area contributed by atoms with Crippen molar-refractivity contribution >= 4 is 11.8 Å². The van der Waals surface area contributed by atoms with E-state index in [1.807, 2.05) is 0 Å². The van der Waals surface area contributed by atoms with E-state index in [1.54, 1.807) is 21.0 Å². The minimum Gasteiger partial charge on any atom is -0.457 e. The number of ether oxygens (including phenoxy) is 5. The van der Waals surface area contributed by atoms with Gasteiger partial charge in [-0.1, -0.05) is 20.8 Å². The van der Waals surface area contributed by atoms with Crippen LogP contribution >= 0.6 is 0 Å². The van der Waals surface area contributed by atoms with Crippen molar-refractivity contribution in [2.75, 3.05) is 59.6 Å². The first-order chi connectivity index (χ1) is 24.1. The largest absolute Gasteiger partial charge is 0.457 e. The van der Waals surface area contributed by atoms with Gasteiger partial charge in [-0.25, -0.2) is 0 Å². The molecule has 2 spiro atoms. The van der Waals surface area contributed by atoms with Gasteiger partial charge in [0.2, 0.25) is 0 Å². The van der Waals surface area contributed by atoms with E-state index in [4.69, 9.17) is 23.7 Å². The smallest absolute Gasteiger partial charge is 0.303 e. The molecule has 0 bridgehead atoms. The summed E-state index contributed by atoms with van der Waals surface area (Å²) in [6.45, 7) is 19.9. The van der Waals surface area contributed by atoms with E-state index >= 15 is 0 Å². The van der Waals surface area contributed by atoms with E-state index in [2.05, 4.69) is 30.6 Å². The number of aliphatic hydroxyl groups is 1. The van der Waals surface area contributed by atoms with Crippen LogP contribution in [0.1, 0.15) is 99.3 Å². The molecule has 12 atom stereocenters. The summed E-state index contributed by atoms with van der Waals surface area (Å²) >= 11 is 0. The van der Waals surface area contributed by atoms with Crippen LogP contribution in [0.5, 0.6) is 0 Å². The summed E-state index contributed by atoms with van der Waals surface area (Å²) < 4.78 is 30.8. The fraction of sp³-hybridized carbons (Fsp3) is 0.951. The Hall–Kier alpha value is -1.14. The number of methoxy groups -OCH3 is 1. The van der Waals surface area contributed by atoms with E-state index in [0.717, 1.165) is 90.5 Å². The number of morpholine rings is 1. The molecule has 51 heavy (non-hydrogen) atoms. The minimum atomic E-state index is -1.26. The van der Waals surface area contributed by atoms with Gasteiger partial charge in [-0.3, -0.25) is 14.5 Å². The first kappa shape index (κ1) is 36.8. The fourth-order valence-corrected chi connectivity index (χ4v) is 14.0. The molecule has 0 amide bonds. The Balaban J connectivity index is 0.924. The molecule has 0 aromatic carbocycles. The molecular formula is C41H66N2O8. The summed E-state index contributed by atoms with van der Waals surface area (Å²) in [4.78, 5) is 31.7. The van der Waals surface area contributed by atoms with Crippen LogP contribution < -0.4 is 0 Å². The van der Waals surface area contributed by atoms with Gasteiger partial charge in [0.1, 0.15) is 6.10 Å². The lowest BCUT2D eigenvalue weighted by atomic mass is 9.46. The number of carbonyl (C=O) groups is 2. The number of carbonyl (C=O) groups excluding carboxylic acids is 2. The van der Waals surface area contributed by atoms with Crippen molar-refractivity contribution in [3.63, 3.8) is 0 Å². The second-order valence-electron chi connectivity index (χ2n) is 19.7. The first-order valence-corrected chi connectivity index (χ1v) is 20.4. The van der Waals surface area contributed by atoms with Crippen molar-refractivity contribution in [3.05, 3.63) is 0 Å². The van der Waals surface area contributed by atoms with Crippen LogP contribution in [0.4, 0.5) is 0 Å². The lowest BCUT2D eigenvalue weighted by Gasteiger charge is -2.59. The Morgan fingerprint density at radius 1 is 1.00 bits per heavy atom. The molecule has 10 heteroatoms. The van der Waals surface area contributed by atoms with Crippen LogP contribution in [0.15, 0.2) is 0 Å². The van der Waals surface area contributed by atoms with Gasteiger partial charge in [0.15, 0.2) is 18.2 Å². The Bertz CT molecular complexity index is 1340. The Kier molecular flexibility index (Phi) is 9.37. The number of likely N-dealkylation sites (tertiary alicyclic amines) is 1. The number of Topliss-reactive ketones (excluding diaryl/α,β-unsaturated/α-hetero) is 1. The molecular weight excluding hydrogens is 648 g/mol. The average Bonchev–Trinajstić information content (AvgIpc) is 3.67. The number of rotatable bonds is 10. The lowest BCUT2D eigenvalue weighted by molar-refractivity contribution is -0.246. The molecule has 8 fully saturated rings. The Morgan fingerprint density at radius 2 is 1.76 bits per heavy atom. The third kappa shape index (κ3) is 5.90. The van der Waals surface area contributed by atoms with E-state index in [0.29, 0.717) is 23.7 Å². The maximum Gasteiger partial charge on any atom is 0.303 e. The van der Waals surface area contributed by atoms with Crippen molar-refractivity contribution < 1.29 is 38.4 Å². The molecule has 0 aromatic rings. The molecule has 12 unspecified atom stereocenters. The SMILES string of the molecule is COCCN1CC(CN2CCOC(OC3CCC45CC46CCC4(C)C7CCC(C(OC(C)=O)C(C)(C)O)OC7C(=O)C4C6CCC5C3(C)C)C2)C1. The third-order valence-electron chi connectivity index (χ3n) is 16.2. The average molecular weight is 715 g/mol. The number of ketones is 1. The van der Waals surface area contributed by atoms with Gasteiger partial charge < -0.3 is 33.7 Å². The lowest BCUT2D eigenvalue weighted by Crippen LogP contribution is -2.57. The molecule has 1 N–H and O–H groups in total. The molecule has 3 aliphatic heterocycles. The zero-order valence-electron chi connectivity index (χ0n) is 32.5. The molecule has 10 nitrogen and oxygen atoms in total. The van der Waals surface area contributed by atoms with Crippen molar-refractivity contribution in [1.82, 2.24) is 9.80 Å². The van der Waals surface area contributed by atoms with Gasteiger partial charge in [0.25, 0.3) is 0 Å². The number of hydrogen-bond acceptors (Lipinski definition) is 10. The summed E-state index contributed by atoms with van der Waals surface area (Å²) in [6, 6.07) is 0. The van der Waals surface area contributed by atoms with E-state index < -0.39 is 29.9 Å². The van der Waals surface area contributed by atoms with Crippen LogP contribution in [0.2, 0.25) is 0 Å². The van der Waals surface area contributed by atoms with Gasteiger partial charge in [-0.15, -0.1) is 0 Å². The van der Waals surface area contributed by atoms with Gasteiger partial charge >= 0.3 is 5.97 Å². The fourth-order valence-electron chi connectivity index (χ4n) is 14.0. The topological polar surface area (TPSA) is 107 Å². The predicted octanol–water partition coefficient (Wildman–Crippen LogP) is 4.70. The molecule has 5 aliphatic carbocycles. The second-order valence-corrected chi connectivity index (χ2v) is 19.7. The third-order valence-corrected chi connectivity index (χ3v) is 16.2. The van der Waals surface area contributed by atoms with Crippen molar-refractivity contribution in [2.24, 2.45) is 51.2 Å². The van der Waals surface area contributed by atoms with Gasteiger partial charge in [-0.05, 0) is 117 Å². The van der Waals surface area contributed by atoms with Crippen LogP contribution in [-0.4, -0.2) is 123 Å². The maximum atomic E-state index is 14.6. The summed E-state index contributed by atoms with van der Waals surface area (Å²) in [5.74, 6) is 1.78. The Labute approximate surface area is 305 Å². The summed E-state index contributed by atoms with van der Waals surface area (Å²) in [5.41, 5.74) is -0.729. The van der Waals surface area contributed by atoms with Crippen LogP contribution in [0, 0.1) is 51.2 Å². The standard InChI is InChI=1S/C41H66N2O8/c1-25(44)49-36(38(4,5)46)29-10-8-28-35(50-29)34(45)33-27-9-11-30-37(2,3)31(12-13-41(30)24-40(27,41)15-14-39(28,33)6)51-32-23-43(17-19-48-32)22-26-20-42(21-26)16-18-47-7/h26-33,35-36,46H,8-24H2,1-7H3. The number of nitrogens with zero attached hydrogens (tertiary/aromatic N) is 2. The highest BCUT2D eigenvalue weighted by Crippen LogP contribution is 2.87. The maximum absolute atomic E-state index is 14.6. The number of hydrogen-bond donors (Lipinski definition) is 1. The molecule has 0 aromatic heterocycles. The molecule has 8 aliphatic rings. The van der Waals surface area contributed by atoms with Crippen LogP contribution in [-0.2, 0) is 33.3 Å². The summed E-state index contributed by atoms with van der Waals surface area (Å²) in [6.07, 6.45) is 7.89. The predicted molar refractivity (Wildman–Crippen MR) is 191 cm³/mol. The van der Waals surface area contributed by atoms with E-state index in [9.17, 15) is 14.7 Å². The van der Waals surface area contributed by atoms with Crippen LogP contribution in [0.3, 0.4) is 0 Å². The monoisotopic (exact) mass is 714 g/mol. The van der Waals surface area contributed by atoms with Crippen LogP contribution in [0.25, 0.3) is 0 Å². The Morgan fingerprint density at radius 3 is 2.49 bits per heavy atom. The van der Waals surface area contributed by atoms with E-state index in [1.165, 1.54) is 26.2 Å². The quantitative estimate of drug-likeness (QED) is 0.321. The summed E-state index contributed by atoms with van der Waals surface area (Å²) in [5, 5.41) is 10.9. The molecule has 5 saturated carbocycles. The first-order valence-electron chi connectivity index (χ1n) is 20.4. The van der Waals surface area contributed by atoms with Crippen molar-refractivity contribution in [1.29, 1.82) is 0 Å². The second kappa shape index (κ2) is 13.0. The zero-order chi connectivity index (χ0) is 36.1. The highest BCUT2D eigenvalue weighted by atomic mass is 16.7. The van der Waals surface area contributed by atoms with Gasteiger partial charge in [-0.2, -0.15) is 0 Å². The van der Waals surface area contributed by atoms with Crippen molar-refractivity contribution in [2.45, 2.75) is 136 Å². The molecule has 8 rings (SSSR count). The molecule has 288 valence electrons. The van der Waals surface area contributed by atoms with Gasteiger partial charge in [0, 0.05) is 59.2 Å². The number of fused-ring (bicyclic) bond motifs is 4. The zero-order valence-corrected chi connectivity index (χ0v) is 32.5.